The Balaban J connectivity index is 2.01. The van der Waals surface area contributed by atoms with Crippen LogP contribution in [-0.4, -0.2) is 26.3 Å². The highest BCUT2D eigenvalue weighted by Gasteiger charge is 2.17. The zero-order chi connectivity index (χ0) is 12.4. The number of hydrogen-bond acceptors (Lipinski definition) is 3. The normalized spacial score (nSPS) is 19.1. The molecule has 0 amide bonds. The molecule has 3 nitrogen and oxygen atoms in total. The summed E-state index contributed by atoms with van der Waals surface area (Å²) in [6.45, 7) is 1.97. The number of hydrogen-bond donors (Lipinski definition) is 1. The van der Waals surface area contributed by atoms with Crippen LogP contribution in [-0.2, 0) is 0 Å². The van der Waals surface area contributed by atoms with E-state index in [1.54, 1.807) is 7.11 Å². The first kappa shape index (κ1) is 11.4. The van der Waals surface area contributed by atoms with Crippen LogP contribution in [0, 0.1) is 0 Å². The molecule has 3 rings (SSSR count). The van der Waals surface area contributed by atoms with Gasteiger partial charge in [0.2, 0.25) is 0 Å². The molecule has 1 heterocycles. The monoisotopic (exact) mass is 243 g/mol. The maximum absolute atomic E-state index is 6.07. The van der Waals surface area contributed by atoms with E-state index in [0.717, 1.165) is 41.8 Å². The first-order valence-corrected chi connectivity index (χ1v) is 6.31. The van der Waals surface area contributed by atoms with Crippen molar-refractivity contribution in [3.63, 3.8) is 0 Å². The molecule has 1 atom stereocenters. The molecule has 94 valence electrons. The van der Waals surface area contributed by atoms with Crippen molar-refractivity contribution < 1.29 is 9.47 Å². The van der Waals surface area contributed by atoms with Gasteiger partial charge in [0.15, 0.2) is 0 Å². The van der Waals surface area contributed by atoms with E-state index in [-0.39, 0.29) is 6.10 Å². The molecular weight excluding hydrogens is 226 g/mol. The summed E-state index contributed by atoms with van der Waals surface area (Å²) in [5.41, 5.74) is 0. The fraction of sp³-hybridized carbons (Fsp3) is 0.333. The third kappa shape index (κ3) is 2.02. The Morgan fingerprint density at radius 2 is 1.78 bits per heavy atom. The lowest BCUT2D eigenvalue weighted by Crippen LogP contribution is -2.19. The van der Waals surface area contributed by atoms with Crippen molar-refractivity contribution in [3.05, 3.63) is 36.4 Å². The van der Waals surface area contributed by atoms with E-state index in [9.17, 15) is 0 Å². The fourth-order valence-electron chi connectivity index (χ4n) is 2.43. The van der Waals surface area contributed by atoms with Crippen LogP contribution in [0.4, 0.5) is 0 Å². The van der Waals surface area contributed by atoms with E-state index in [0.29, 0.717) is 0 Å². The summed E-state index contributed by atoms with van der Waals surface area (Å²) in [6.07, 6.45) is 1.35. The predicted octanol–water partition coefficient (Wildman–Crippen LogP) is 2.59. The van der Waals surface area contributed by atoms with Crippen molar-refractivity contribution in [2.75, 3.05) is 20.2 Å². The van der Waals surface area contributed by atoms with Gasteiger partial charge >= 0.3 is 0 Å². The summed E-state index contributed by atoms with van der Waals surface area (Å²) in [5, 5.41) is 5.53. The standard InChI is InChI=1S/C15H17NO2/c1-17-14-6-7-15(18-11-8-9-16-10-11)13-5-3-2-4-12(13)14/h2-7,11,16H,8-10H2,1H3. The Morgan fingerprint density at radius 1 is 1.06 bits per heavy atom. The Hall–Kier alpha value is -1.74. The molecule has 1 N–H and O–H groups in total. The minimum atomic E-state index is 0.279. The van der Waals surface area contributed by atoms with Crippen molar-refractivity contribution in [1.82, 2.24) is 5.32 Å². The summed E-state index contributed by atoms with van der Waals surface area (Å²) in [5.74, 6) is 1.84. The van der Waals surface area contributed by atoms with Gasteiger partial charge in [0.05, 0.1) is 7.11 Å². The third-order valence-electron chi connectivity index (χ3n) is 3.37. The van der Waals surface area contributed by atoms with E-state index in [2.05, 4.69) is 17.4 Å². The Labute approximate surface area is 107 Å². The molecule has 1 fully saturated rings. The number of nitrogens with one attached hydrogen (secondary N) is 1. The average molecular weight is 243 g/mol. The van der Waals surface area contributed by atoms with E-state index in [1.807, 2.05) is 24.3 Å². The van der Waals surface area contributed by atoms with Crippen LogP contribution in [0.15, 0.2) is 36.4 Å². The highest BCUT2D eigenvalue weighted by Crippen LogP contribution is 2.33. The lowest BCUT2D eigenvalue weighted by molar-refractivity contribution is 0.226. The van der Waals surface area contributed by atoms with Crippen LogP contribution in [0.1, 0.15) is 6.42 Å². The second-order valence-corrected chi connectivity index (χ2v) is 4.54. The van der Waals surface area contributed by atoms with Crippen molar-refractivity contribution in [2.24, 2.45) is 0 Å². The highest BCUT2D eigenvalue weighted by molar-refractivity contribution is 5.93. The number of rotatable bonds is 3. The van der Waals surface area contributed by atoms with Gasteiger partial charge in [-0.2, -0.15) is 0 Å². The SMILES string of the molecule is COc1ccc(OC2CCNC2)c2ccccc12. The summed E-state index contributed by atoms with van der Waals surface area (Å²) in [7, 11) is 1.70. The van der Waals surface area contributed by atoms with Gasteiger partial charge in [-0.1, -0.05) is 24.3 Å². The molecule has 2 aromatic carbocycles. The van der Waals surface area contributed by atoms with Crippen LogP contribution in [0.5, 0.6) is 11.5 Å². The minimum Gasteiger partial charge on any atom is -0.496 e. The smallest absolute Gasteiger partial charge is 0.127 e. The van der Waals surface area contributed by atoms with Crippen LogP contribution in [0.2, 0.25) is 0 Å². The summed E-state index contributed by atoms with van der Waals surface area (Å²) >= 11 is 0. The lowest BCUT2D eigenvalue weighted by Gasteiger charge is -2.15. The molecule has 0 radical (unpaired) electrons. The van der Waals surface area contributed by atoms with Crippen molar-refractivity contribution >= 4 is 10.8 Å². The van der Waals surface area contributed by atoms with Crippen LogP contribution in [0.25, 0.3) is 10.8 Å². The summed E-state index contributed by atoms with van der Waals surface area (Å²) in [4.78, 5) is 0. The Morgan fingerprint density at radius 3 is 2.44 bits per heavy atom. The maximum atomic E-state index is 6.07. The predicted molar refractivity (Wildman–Crippen MR) is 72.4 cm³/mol. The first-order valence-electron chi connectivity index (χ1n) is 6.31. The zero-order valence-electron chi connectivity index (χ0n) is 10.5. The molecular formula is C15H17NO2. The lowest BCUT2D eigenvalue weighted by atomic mass is 10.1. The zero-order valence-corrected chi connectivity index (χ0v) is 10.5. The van der Waals surface area contributed by atoms with Gasteiger partial charge in [0.25, 0.3) is 0 Å². The molecule has 0 saturated carbocycles. The molecule has 1 aliphatic rings. The second-order valence-electron chi connectivity index (χ2n) is 4.54. The first-order chi connectivity index (χ1) is 8.88. The quantitative estimate of drug-likeness (QED) is 0.898. The van der Waals surface area contributed by atoms with Crippen LogP contribution in [0.3, 0.4) is 0 Å². The van der Waals surface area contributed by atoms with E-state index >= 15 is 0 Å². The van der Waals surface area contributed by atoms with Crippen molar-refractivity contribution in [3.8, 4) is 11.5 Å². The molecule has 0 aromatic heterocycles. The Kier molecular flexibility index (Phi) is 3.07. The molecule has 1 aliphatic heterocycles. The molecule has 1 saturated heterocycles. The molecule has 3 heteroatoms. The van der Waals surface area contributed by atoms with Crippen LogP contribution >= 0.6 is 0 Å². The van der Waals surface area contributed by atoms with E-state index in [4.69, 9.17) is 9.47 Å². The third-order valence-corrected chi connectivity index (χ3v) is 3.37. The summed E-state index contributed by atoms with van der Waals surface area (Å²) < 4.78 is 11.5. The van der Waals surface area contributed by atoms with Gasteiger partial charge in [-0.3, -0.25) is 0 Å². The van der Waals surface area contributed by atoms with Gasteiger partial charge in [-0.05, 0) is 25.1 Å². The Bertz CT molecular complexity index is 547. The molecule has 0 bridgehead atoms. The van der Waals surface area contributed by atoms with Crippen molar-refractivity contribution in [1.29, 1.82) is 0 Å². The van der Waals surface area contributed by atoms with E-state index < -0.39 is 0 Å². The number of fused-ring (bicyclic) bond motifs is 1. The minimum absolute atomic E-state index is 0.279. The van der Waals surface area contributed by atoms with Gasteiger partial charge in [0.1, 0.15) is 17.6 Å². The fourth-order valence-corrected chi connectivity index (χ4v) is 2.43. The van der Waals surface area contributed by atoms with Gasteiger partial charge in [-0.15, -0.1) is 0 Å². The number of benzene rings is 2. The number of methoxy groups -OCH3 is 1. The average Bonchev–Trinajstić information content (AvgIpc) is 2.92. The van der Waals surface area contributed by atoms with Gasteiger partial charge in [-0.25, -0.2) is 0 Å². The second kappa shape index (κ2) is 4.86. The topological polar surface area (TPSA) is 30.5 Å². The molecule has 2 aromatic rings. The van der Waals surface area contributed by atoms with Crippen molar-refractivity contribution in [2.45, 2.75) is 12.5 Å². The van der Waals surface area contributed by atoms with Crippen LogP contribution < -0.4 is 14.8 Å². The molecule has 0 spiro atoms. The molecule has 18 heavy (non-hydrogen) atoms. The molecule has 0 aliphatic carbocycles. The van der Waals surface area contributed by atoms with E-state index in [1.165, 1.54) is 0 Å². The van der Waals surface area contributed by atoms with Gasteiger partial charge in [0, 0.05) is 17.3 Å². The molecule has 1 unspecified atom stereocenters. The summed E-state index contributed by atoms with van der Waals surface area (Å²) in [6, 6.07) is 12.2. The maximum Gasteiger partial charge on any atom is 0.127 e. The largest absolute Gasteiger partial charge is 0.496 e. The highest BCUT2D eigenvalue weighted by atomic mass is 16.5. The van der Waals surface area contributed by atoms with Gasteiger partial charge < -0.3 is 14.8 Å². The number of ether oxygens (including phenoxy) is 2.